The van der Waals surface area contributed by atoms with E-state index in [4.69, 9.17) is 0 Å². The van der Waals surface area contributed by atoms with E-state index < -0.39 is 0 Å². The number of nitrogens with one attached hydrogen (secondary N) is 2. The molecule has 0 saturated carbocycles. The smallest absolute Gasteiger partial charge is 0.123 e. The van der Waals surface area contributed by atoms with Crippen LogP contribution in [0.5, 0.6) is 5.75 Å². The largest absolute Gasteiger partial charge is 0.507 e. The summed E-state index contributed by atoms with van der Waals surface area (Å²) in [5.41, 5.74) is 5.03. The van der Waals surface area contributed by atoms with Crippen molar-refractivity contribution in [1.82, 2.24) is 30.8 Å². The lowest BCUT2D eigenvalue weighted by atomic mass is 10.0. The van der Waals surface area contributed by atoms with Crippen molar-refractivity contribution in [1.29, 1.82) is 0 Å². The molecule has 2 heterocycles. The van der Waals surface area contributed by atoms with E-state index in [2.05, 4.69) is 30.8 Å². The van der Waals surface area contributed by atoms with Crippen molar-refractivity contribution in [2.24, 2.45) is 0 Å². The van der Waals surface area contributed by atoms with Gasteiger partial charge in [-0.25, -0.2) is 0 Å². The van der Waals surface area contributed by atoms with Crippen LogP contribution in [0.4, 0.5) is 0 Å². The van der Waals surface area contributed by atoms with Crippen molar-refractivity contribution in [3.05, 3.63) is 66.7 Å². The van der Waals surface area contributed by atoms with E-state index in [0.29, 0.717) is 0 Å². The molecule has 7 nitrogen and oxygen atoms in total. The molecule has 3 N–H and O–H groups in total. The summed E-state index contributed by atoms with van der Waals surface area (Å²) in [6.07, 6.45) is 0. The highest BCUT2D eigenvalue weighted by molar-refractivity contribution is 5.92. The number of H-pyrrole nitrogens is 2. The zero-order valence-corrected chi connectivity index (χ0v) is 13.1. The minimum atomic E-state index is 0.248. The third-order valence-corrected chi connectivity index (χ3v) is 3.76. The Balaban J connectivity index is 0.000000147. The molecule has 0 bridgehead atoms. The number of aromatic nitrogens is 6. The topological polar surface area (TPSA) is 103 Å². The first-order chi connectivity index (χ1) is 12.3. The molecule has 0 spiro atoms. The molecule has 0 atom stereocenters. The van der Waals surface area contributed by atoms with Crippen LogP contribution in [0.25, 0.3) is 33.2 Å². The Kier molecular flexibility index (Phi) is 3.80. The van der Waals surface area contributed by atoms with Gasteiger partial charge in [0.05, 0.1) is 0 Å². The number of fused-ring (bicyclic) bond motifs is 2. The monoisotopic (exact) mass is 330 g/mol. The van der Waals surface area contributed by atoms with Gasteiger partial charge in [0.15, 0.2) is 0 Å². The number of phenolic OH excluding ortho intramolecular Hbond substituents is 1. The van der Waals surface area contributed by atoms with Gasteiger partial charge < -0.3 is 5.11 Å². The molecule has 0 fully saturated rings. The highest BCUT2D eigenvalue weighted by Crippen LogP contribution is 2.32. The summed E-state index contributed by atoms with van der Waals surface area (Å²) in [5.74, 6) is 0.248. The maximum atomic E-state index is 9.80. The molecule has 5 aromatic rings. The summed E-state index contributed by atoms with van der Waals surface area (Å²) in [4.78, 5) is 0. The van der Waals surface area contributed by atoms with Gasteiger partial charge in [-0.05, 0) is 24.3 Å². The maximum absolute atomic E-state index is 9.80. The first-order valence-corrected chi connectivity index (χ1v) is 7.66. The van der Waals surface area contributed by atoms with Gasteiger partial charge in [0.25, 0.3) is 0 Å². The standard InChI is InChI=1S/C12H9N3O.C6H5N3/c16-11-7-2-1-4-8(11)9-5-3-6-10-12(9)14-15-13-10;1-2-4-6-5(3-1)7-9-8-6/h1-7,16H,(H,13,14,15);1-4H,(H,7,8,9). The lowest BCUT2D eigenvalue weighted by molar-refractivity contribution is 0.477. The predicted molar refractivity (Wildman–Crippen MR) is 94.9 cm³/mol. The molecule has 0 unspecified atom stereocenters. The Hall–Kier alpha value is -3.74. The Morgan fingerprint density at radius 2 is 1.12 bits per heavy atom. The third-order valence-electron chi connectivity index (χ3n) is 3.76. The zero-order chi connectivity index (χ0) is 17.1. The fraction of sp³-hybridized carbons (Fsp3) is 0. The Bertz CT molecular complexity index is 1100. The second kappa shape index (κ2) is 6.40. The Morgan fingerprint density at radius 1 is 0.560 bits per heavy atom. The van der Waals surface area contributed by atoms with Crippen LogP contribution < -0.4 is 0 Å². The molecule has 0 radical (unpaired) electrons. The van der Waals surface area contributed by atoms with Crippen LogP contribution in [0.1, 0.15) is 0 Å². The van der Waals surface area contributed by atoms with E-state index in [-0.39, 0.29) is 5.75 Å². The first-order valence-electron chi connectivity index (χ1n) is 7.66. The lowest BCUT2D eigenvalue weighted by Crippen LogP contribution is -1.81. The van der Waals surface area contributed by atoms with E-state index in [1.807, 2.05) is 54.6 Å². The number of aromatic amines is 2. The molecule has 7 heteroatoms. The fourth-order valence-electron chi connectivity index (χ4n) is 2.57. The van der Waals surface area contributed by atoms with Gasteiger partial charge in [0.2, 0.25) is 0 Å². The van der Waals surface area contributed by atoms with Crippen LogP contribution in [-0.2, 0) is 0 Å². The van der Waals surface area contributed by atoms with Crippen LogP contribution in [0, 0.1) is 0 Å². The van der Waals surface area contributed by atoms with Crippen molar-refractivity contribution < 1.29 is 5.11 Å². The SMILES string of the molecule is Oc1ccccc1-c1cccc2n[nH]nc12.c1ccc2n[nH]nc2c1. The first kappa shape index (κ1) is 14.8. The van der Waals surface area contributed by atoms with Gasteiger partial charge in [-0.3, -0.25) is 0 Å². The van der Waals surface area contributed by atoms with Crippen molar-refractivity contribution in [3.8, 4) is 16.9 Å². The fourth-order valence-corrected chi connectivity index (χ4v) is 2.57. The summed E-state index contributed by atoms with van der Waals surface area (Å²) in [6.45, 7) is 0. The number of hydrogen-bond donors (Lipinski definition) is 3. The van der Waals surface area contributed by atoms with Crippen LogP contribution in [0.15, 0.2) is 66.7 Å². The van der Waals surface area contributed by atoms with Crippen LogP contribution in [-0.4, -0.2) is 35.9 Å². The van der Waals surface area contributed by atoms with Gasteiger partial charge in [0.1, 0.15) is 27.8 Å². The molecule has 0 aliphatic carbocycles. The quantitative estimate of drug-likeness (QED) is 0.437. The highest BCUT2D eigenvalue weighted by atomic mass is 16.3. The van der Waals surface area contributed by atoms with Crippen molar-refractivity contribution in [2.75, 3.05) is 0 Å². The van der Waals surface area contributed by atoms with Crippen molar-refractivity contribution >= 4 is 22.1 Å². The van der Waals surface area contributed by atoms with Gasteiger partial charge in [-0.1, -0.05) is 42.5 Å². The van der Waals surface area contributed by atoms with E-state index in [0.717, 1.165) is 33.2 Å². The molecule has 0 aliphatic rings. The highest BCUT2D eigenvalue weighted by Gasteiger charge is 2.09. The van der Waals surface area contributed by atoms with Crippen LogP contribution in [0.2, 0.25) is 0 Å². The molecule has 5 rings (SSSR count). The van der Waals surface area contributed by atoms with Crippen LogP contribution >= 0.6 is 0 Å². The molecular formula is C18H14N6O. The zero-order valence-electron chi connectivity index (χ0n) is 13.1. The molecule has 122 valence electrons. The van der Waals surface area contributed by atoms with Gasteiger partial charge >= 0.3 is 0 Å². The number of aromatic hydroxyl groups is 1. The number of rotatable bonds is 1. The van der Waals surface area contributed by atoms with E-state index in [9.17, 15) is 5.11 Å². The van der Waals surface area contributed by atoms with Crippen molar-refractivity contribution in [3.63, 3.8) is 0 Å². The van der Waals surface area contributed by atoms with E-state index >= 15 is 0 Å². The van der Waals surface area contributed by atoms with Gasteiger partial charge in [-0.15, -0.1) is 0 Å². The summed E-state index contributed by atoms with van der Waals surface area (Å²) < 4.78 is 0. The minimum Gasteiger partial charge on any atom is -0.507 e. The molecule has 25 heavy (non-hydrogen) atoms. The van der Waals surface area contributed by atoms with Crippen LogP contribution in [0.3, 0.4) is 0 Å². The number of phenols is 1. The summed E-state index contributed by atoms with van der Waals surface area (Å²) in [6, 6.07) is 20.6. The normalized spacial score (nSPS) is 10.6. The summed E-state index contributed by atoms with van der Waals surface area (Å²) in [5, 5.41) is 30.8. The molecule has 3 aromatic carbocycles. The predicted octanol–water partition coefficient (Wildman–Crippen LogP) is 3.29. The van der Waals surface area contributed by atoms with E-state index in [1.54, 1.807) is 12.1 Å². The summed E-state index contributed by atoms with van der Waals surface area (Å²) in [7, 11) is 0. The number of hydrogen-bond acceptors (Lipinski definition) is 5. The lowest BCUT2D eigenvalue weighted by Gasteiger charge is -2.04. The van der Waals surface area contributed by atoms with Crippen molar-refractivity contribution in [2.45, 2.75) is 0 Å². The maximum Gasteiger partial charge on any atom is 0.123 e. The number of para-hydroxylation sites is 4. The molecule has 0 aliphatic heterocycles. The Labute approximate surface area is 142 Å². The average Bonchev–Trinajstić information content (AvgIpc) is 3.31. The number of benzene rings is 3. The second-order valence-corrected chi connectivity index (χ2v) is 5.33. The average molecular weight is 330 g/mol. The second-order valence-electron chi connectivity index (χ2n) is 5.33. The molecule has 0 saturated heterocycles. The minimum absolute atomic E-state index is 0.248. The molecule has 0 amide bonds. The van der Waals surface area contributed by atoms with Gasteiger partial charge in [-0.2, -0.15) is 30.8 Å². The molecule has 2 aromatic heterocycles. The van der Waals surface area contributed by atoms with Gasteiger partial charge in [0, 0.05) is 11.1 Å². The number of nitrogens with zero attached hydrogens (tertiary/aromatic N) is 4. The Morgan fingerprint density at radius 3 is 1.88 bits per heavy atom. The molecular weight excluding hydrogens is 316 g/mol. The summed E-state index contributed by atoms with van der Waals surface area (Å²) >= 11 is 0. The van der Waals surface area contributed by atoms with E-state index in [1.165, 1.54) is 0 Å². The third kappa shape index (κ3) is 2.90.